The van der Waals surface area contributed by atoms with Gasteiger partial charge >= 0.3 is 11.9 Å². The van der Waals surface area contributed by atoms with Gasteiger partial charge in [-0.1, -0.05) is 19.4 Å². The van der Waals surface area contributed by atoms with Gasteiger partial charge in [-0.05, 0) is 51.5 Å². The number of fused-ring (bicyclic) bond motifs is 2. The topological polar surface area (TPSA) is 72.8 Å². The molecule has 1 aliphatic heterocycles. The molecule has 0 spiro atoms. The van der Waals surface area contributed by atoms with Crippen molar-refractivity contribution in [1.82, 2.24) is 0 Å². The van der Waals surface area contributed by atoms with Crippen molar-refractivity contribution in [2.75, 3.05) is 0 Å². The SMILES string of the molecule is CC(C)=CC(=O)OC1CCC(C)C2(C)CC3=C(C)C(=O)OC3CC12O. The van der Waals surface area contributed by atoms with E-state index in [4.69, 9.17) is 9.47 Å². The average molecular weight is 348 g/mol. The van der Waals surface area contributed by atoms with Crippen molar-refractivity contribution in [2.24, 2.45) is 11.3 Å². The van der Waals surface area contributed by atoms with Crippen LogP contribution in [0, 0.1) is 11.3 Å². The number of carbonyl (C=O) groups excluding carboxylic acids is 2. The average Bonchev–Trinajstić information content (AvgIpc) is 2.76. The fraction of sp³-hybridized carbons (Fsp3) is 0.700. The van der Waals surface area contributed by atoms with Crippen LogP contribution in [0.4, 0.5) is 0 Å². The predicted molar refractivity (Wildman–Crippen MR) is 92.6 cm³/mol. The maximum Gasteiger partial charge on any atom is 0.334 e. The van der Waals surface area contributed by atoms with E-state index < -0.39 is 29.2 Å². The van der Waals surface area contributed by atoms with Crippen LogP contribution in [0.3, 0.4) is 0 Å². The van der Waals surface area contributed by atoms with E-state index in [0.717, 1.165) is 17.6 Å². The number of hydrogen-bond acceptors (Lipinski definition) is 5. The van der Waals surface area contributed by atoms with Crippen molar-refractivity contribution in [3.8, 4) is 0 Å². The molecule has 0 aromatic heterocycles. The van der Waals surface area contributed by atoms with Gasteiger partial charge in [-0.25, -0.2) is 9.59 Å². The summed E-state index contributed by atoms with van der Waals surface area (Å²) in [7, 11) is 0. The Balaban J connectivity index is 1.95. The molecule has 0 aromatic rings. The van der Waals surface area contributed by atoms with Gasteiger partial charge in [0.2, 0.25) is 0 Å². The molecule has 1 N–H and O–H groups in total. The highest BCUT2D eigenvalue weighted by Crippen LogP contribution is 2.59. The molecule has 1 heterocycles. The van der Waals surface area contributed by atoms with Gasteiger partial charge in [0.1, 0.15) is 17.8 Å². The summed E-state index contributed by atoms with van der Waals surface area (Å²) in [6.45, 7) is 9.65. The third kappa shape index (κ3) is 2.73. The molecule has 138 valence electrons. The lowest BCUT2D eigenvalue weighted by Crippen LogP contribution is -2.65. The predicted octanol–water partition coefficient (Wildman–Crippen LogP) is 3.07. The van der Waals surface area contributed by atoms with Crippen LogP contribution in [0.15, 0.2) is 22.8 Å². The molecular weight excluding hydrogens is 320 g/mol. The fourth-order valence-electron chi connectivity index (χ4n) is 4.76. The molecule has 0 saturated heterocycles. The van der Waals surface area contributed by atoms with Crippen LogP contribution < -0.4 is 0 Å². The van der Waals surface area contributed by atoms with Gasteiger partial charge in [0.05, 0.1) is 0 Å². The molecule has 5 unspecified atom stereocenters. The summed E-state index contributed by atoms with van der Waals surface area (Å²) in [5.41, 5.74) is 0.875. The summed E-state index contributed by atoms with van der Waals surface area (Å²) >= 11 is 0. The molecule has 2 saturated carbocycles. The third-order valence-corrected chi connectivity index (χ3v) is 6.62. The van der Waals surface area contributed by atoms with Crippen molar-refractivity contribution in [3.05, 3.63) is 22.8 Å². The maximum atomic E-state index is 12.2. The first-order valence-electron chi connectivity index (χ1n) is 9.07. The zero-order chi connectivity index (χ0) is 18.6. The lowest BCUT2D eigenvalue weighted by atomic mass is 9.51. The number of allylic oxidation sites excluding steroid dienone is 1. The molecule has 3 aliphatic rings. The second-order valence-electron chi connectivity index (χ2n) is 8.39. The first kappa shape index (κ1) is 18.2. The van der Waals surface area contributed by atoms with Gasteiger partial charge < -0.3 is 14.6 Å². The number of esters is 2. The van der Waals surface area contributed by atoms with Gasteiger partial charge in [0, 0.05) is 23.5 Å². The minimum Gasteiger partial charge on any atom is -0.456 e. The van der Waals surface area contributed by atoms with Crippen LogP contribution in [0.2, 0.25) is 0 Å². The van der Waals surface area contributed by atoms with Gasteiger partial charge in [-0.3, -0.25) is 0 Å². The van der Waals surface area contributed by atoms with Gasteiger partial charge in [0.25, 0.3) is 0 Å². The van der Waals surface area contributed by atoms with Crippen molar-refractivity contribution in [3.63, 3.8) is 0 Å². The second kappa shape index (κ2) is 5.97. The van der Waals surface area contributed by atoms with E-state index >= 15 is 0 Å². The zero-order valence-corrected chi connectivity index (χ0v) is 15.7. The van der Waals surface area contributed by atoms with Crippen LogP contribution >= 0.6 is 0 Å². The Morgan fingerprint density at radius 2 is 2.04 bits per heavy atom. The molecule has 0 radical (unpaired) electrons. The van der Waals surface area contributed by atoms with Crippen LogP contribution in [0.1, 0.15) is 60.3 Å². The number of rotatable bonds is 2. The number of ether oxygens (including phenoxy) is 2. The van der Waals surface area contributed by atoms with Crippen LogP contribution in [-0.4, -0.2) is 34.9 Å². The van der Waals surface area contributed by atoms with E-state index in [0.29, 0.717) is 24.8 Å². The molecule has 2 aliphatic carbocycles. The molecule has 0 bridgehead atoms. The molecular formula is C20H28O5. The molecule has 5 nitrogen and oxygen atoms in total. The number of carbonyl (C=O) groups is 2. The summed E-state index contributed by atoms with van der Waals surface area (Å²) in [6.07, 6.45) is 2.85. The first-order valence-corrected chi connectivity index (χ1v) is 9.07. The Hall–Kier alpha value is -1.62. The van der Waals surface area contributed by atoms with Crippen molar-refractivity contribution in [1.29, 1.82) is 0 Å². The summed E-state index contributed by atoms with van der Waals surface area (Å²) in [5.74, 6) is -0.458. The van der Waals surface area contributed by atoms with E-state index in [1.807, 2.05) is 13.8 Å². The fourth-order valence-corrected chi connectivity index (χ4v) is 4.76. The maximum absolute atomic E-state index is 12.2. The van der Waals surface area contributed by atoms with Gasteiger partial charge in [-0.2, -0.15) is 0 Å². The van der Waals surface area contributed by atoms with Gasteiger partial charge in [-0.15, -0.1) is 0 Å². The molecule has 5 heteroatoms. The molecule has 5 atom stereocenters. The lowest BCUT2D eigenvalue weighted by Gasteiger charge is -2.58. The Kier molecular flexibility index (Phi) is 4.34. The van der Waals surface area contributed by atoms with Crippen LogP contribution in [0.25, 0.3) is 0 Å². The molecule has 0 aromatic carbocycles. The summed E-state index contributed by atoms with van der Waals surface area (Å²) in [6, 6.07) is 0. The minimum absolute atomic E-state index is 0.257. The van der Waals surface area contributed by atoms with Crippen molar-refractivity contribution < 1.29 is 24.2 Å². The molecule has 2 fully saturated rings. The van der Waals surface area contributed by atoms with E-state index in [-0.39, 0.29) is 11.9 Å². The van der Waals surface area contributed by atoms with Crippen molar-refractivity contribution in [2.45, 2.75) is 78.1 Å². The summed E-state index contributed by atoms with van der Waals surface area (Å²) < 4.78 is 11.1. The standard InChI is InChI=1S/C20H28O5/c1-11(2)8-17(21)25-16-7-6-12(3)19(5)9-14-13(4)18(22)24-15(14)10-20(16,19)23/h8,12,15-16,23H,6-7,9-10H2,1-5H3. The quantitative estimate of drug-likeness (QED) is 0.613. The Morgan fingerprint density at radius 1 is 1.36 bits per heavy atom. The Bertz CT molecular complexity index is 672. The van der Waals surface area contributed by atoms with Gasteiger partial charge in [0.15, 0.2) is 0 Å². The second-order valence-corrected chi connectivity index (χ2v) is 8.39. The largest absolute Gasteiger partial charge is 0.456 e. The lowest BCUT2D eigenvalue weighted by molar-refractivity contribution is -0.231. The van der Waals surface area contributed by atoms with E-state index in [2.05, 4.69) is 13.8 Å². The monoisotopic (exact) mass is 348 g/mol. The molecule has 3 rings (SSSR count). The Morgan fingerprint density at radius 3 is 2.68 bits per heavy atom. The minimum atomic E-state index is -1.20. The van der Waals surface area contributed by atoms with E-state index in [1.165, 1.54) is 6.08 Å². The van der Waals surface area contributed by atoms with E-state index in [1.54, 1.807) is 6.92 Å². The van der Waals surface area contributed by atoms with E-state index in [9.17, 15) is 14.7 Å². The third-order valence-electron chi connectivity index (χ3n) is 6.62. The first-order chi connectivity index (χ1) is 11.6. The summed E-state index contributed by atoms with van der Waals surface area (Å²) in [5, 5.41) is 11.7. The molecule has 0 amide bonds. The zero-order valence-electron chi connectivity index (χ0n) is 15.7. The molecule has 25 heavy (non-hydrogen) atoms. The number of aliphatic hydroxyl groups is 1. The van der Waals surface area contributed by atoms with Crippen LogP contribution in [0.5, 0.6) is 0 Å². The normalized spacial score (nSPS) is 40.1. The van der Waals surface area contributed by atoms with Crippen molar-refractivity contribution >= 4 is 11.9 Å². The van der Waals surface area contributed by atoms with Crippen LogP contribution in [-0.2, 0) is 19.1 Å². The highest BCUT2D eigenvalue weighted by atomic mass is 16.6. The number of hydrogen-bond donors (Lipinski definition) is 1. The highest BCUT2D eigenvalue weighted by molar-refractivity contribution is 5.91. The summed E-state index contributed by atoms with van der Waals surface area (Å²) in [4.78, 5) is 24.1. The Labute approximate surface area is 149 Å². The smallest absolute Gasteiger partial charge is 0.334 e. The highest BCUT2D eigenvalue weighted by Gasteiger charge is 2.64.